The largest absolute Gasteiger partial charge is 0.495 e. The molecule has 1 unspecified atom stereocenters. The van der Waals surface area contributed by atoms with Gasteiger partial charge in [-0.05, 0) is 62.1 Å². The minimum absolute atomic E-state index is 0.0672. The van der Waals surface area contributed by atoms with Gasteiger partial charge in [-0.3, -0.25) is 9.59 Å². The summed E-state index contributed by atoms with van der Waals surface area (Å²) >= 11 is 0. The number of pyridine rings is 1. The van der Waals surface area contributed by atoms with Crippen LogP contribution in [0.5, 0.6) is 5.75 Å². The summed E-state index contributed by atoms with van der Waals surface area (Å²) in [5.74, 6) is 5.09. The molecule has 3 aromatic rings. The summed E-state index contributed by atoms with van der Waals surface area (Å²) in [6, 6.07) is 12.4. The number of carboxylic acid groups (broad SMARTS) is 1. The van der Waals surface area contributed by atoms with E-state index in [1.165, 1.54) is 7.11 Å². The SMILES string of the molecule is COc1cc(C#CCOCCCC(=O)O)ccc1NC(=O)c1cccc(-c2ccnn2C2CCCCO2)n1. The van der Waals surface area contributed by atoms with Crippen LogP contribution in [0, 0.1) is 11.8 Å². The number of nitrogens with one attached hydrogen (secondary N) is 1. The van der Waals surface area contributed by atoms with E-state index < -0.39 is 5.97 Å². The minimum Gasteiger partial charge on any atom is -0.495 e. The van der Waals surface area contributed by atoms with Gasteiger partial charge in [-0.2, -0.15) is 5.10 Å². The van der Waals surface area contributed by atoms with Crippen molar-refractivity contribution in [1.29, 1.82) is 0 Å². The first-order valence-corrected chi connectivity index (χ1v) is 12.5. The second kappa shape index (κ2) is 13.4. The Kier molecular flexibility index (Phi) is 9.45. The van der Waals surface area contributed by atoms with E-state index in [-0.39, 0.29) is 30.9 Å². The van der Waals surface area contributed by atoms with E-state index in [4.69, 9.17) is 19.3 Å². The number of anilines is 1. The summed E-state index contributed by atoms with van der Waals surface area (Å²) < 4.78 is 18.5. The molecular weight excluding hydrogens is 488 g/mol. The number of benzene rings is 1. The van der Waals surface area contributed by atoms with E-state index >= 15 is 0 Å². The number of rotatable bonds is 10. The van der Waals surface area contributed by atoms with E-state index in [0.29, 0.717) is 42.3 Å². The van der Waals surface area contributed by atoms with Crippen LogP contribution in [0.3, 0.4) is 0 Å². The maximum absolute atomic E-state index is 13.1. The first-order chi connectivity index (χ1) is 18.5. The zero-order chi connectivity index (χ0) is 26.7. The van der Waals surface area contributed by atoms with Gasteiger partial charge in [0.1, 0.15) is 18.1 Å². The molecular formula is C28H30N4O6. The molecule has 1 atom stereocenters. The van der Waals surface area contributed by atoms with E-state index in [1.54, 1.807) is 36.5 Å². The Balaban J connectivity index is 1.41. The predicted molar refractivity (Wildman–Crippen MR) is 140 cm³/mol. The quantitative estimate of drug-likeness (QED) is 0.303. The van der Waals surface area contributed by atoms with Gasteiger partial charge in [0.05, 0.1) is 24.2 Å². The Labute approximate surface area is 220 Å². The third kappa shape index (κ3) is 7.18. The second-order valence-corrected chi connectivity index (χ2v) is 8.61. The van der Waals surface area contributed by atoms with Gasteiger partial charge in [-0.25, -0.2) is 9.67 Å². The lowest BCUT2D eigenvalue weighted by atomic mass is 10.1. The van der Waals surface area contributed by atoms with E-state index in [9.17, 15) is 9.59 Å². The molecule has 1 saturated heterocycles. The van der Waals surface area contributed by atoms with Crippen LogP contribution < -0.4 is 10.1 Å². The maximum Gasteiger partial charge on any atom is 0.303 e. The molecule has 0 aliphatic carbocycles. The first-order valence-electron chi connectivity index (χ1n) is 12.5. The molecule has 38 heavy (non-hydrogen) atoms. The Hall–Kier alpha value is -4.20. The number of hydrogen-bond donors (Lipinski definition) is 2. The Morgan fingerprint density at radius 3 is 2.92 bits per heavy atom. The van der Waals surface area contributed by atoms with Gasteiger partial charge in [-0.1, -0.05) is 17.9 Å². The fourth-order valence-electron chi connectivity index (χ4n) is 4.01. The third-order valence-electron chi connectivity index (χ3n) is 5.88. The highest BCUT2D eigenvalue weighted by atomic mass is 16.5. The Morgan fingerprint density at radius 1 is 1.24 bits per heavy atom. The van der Waals surface area contributed by atoms with Gasteiger partial charge < -0.3 is 24.6 Å². The number of carbonyl (C=O) groups is 2. The Morgan fingerprint density at radius 2 is 2.13 bits per heavy atom. The molecule has 0 spiro atoms. The fourth-order valence-corrected chi connectivity index (χ4v) is 4.01. The molecule has 1 aliphatic heterocycles. The average Bonchev–Trinajstić information content (AvgIpc) is 3.44. The maximum atomic E-state index is 13.1. The molecule has 1 aromatic carbocycles. The average molecular weight is 519 g/mol. The number of aliphatic carboxylic acids is 1. The third-order valence-corrected chi connectivity index (χ3v) is 5.88. The number of aromatic nitrogens is 3. The number of methoxy groups -OCH3 is 1. The number of amides is 1. The lowest BCUT2D eigenvalue weighted by molar-refractivity contribution is -0.137. The molecule has 10 nitrogen and oxygen atoms in total. The van der Waals surface area contributed by atoms with Gasteiger partial charge in [0.2, 0.25) is 0 Å². The summed E-state index contributed by atoms with van der Waals surface area (Å²) in [6.45, 7) is 1.23. The van der Waals surface area contributed by atoms with Crippen LogP contribution in [-0.2, 0) is 14.3 Å². The van der Waals surface area contributed by atoms with Crippen LogP contribution in [-0.4, -0.2) is 58.7 Å². The van der Waals surface area contributed by atoms with E-state index in [0.717, 1.165) is 25.0 Å². The molecule has 4 rings (SSSR count). The molecule has 1 amide bonds. The van der Waals surface area contributed by atoms with E-state index in [2.05, 4.69) is 27.2 Å². The zero-order valence-electron chi connectivity index (χ0n) is 21.2. The molecule has 1 fully saturated rings. The van der Waals surface area contributed by atoms with Gasteiger partial charge in [0.15, 0.2) is 6.23 Å². The summed E-state index contributed by atoms with van der Waals surface area (Å²) in [4.78, 5) is 28.1. The highest BCUT2D eigenvalue weighted by Crippen LogP contribution is 2.28. The molecule has 10 heteroatoms. The first kappa shape index (κ1) is 26.9. The minimum atomic E-state index is -0.848. The van der Waals surface area contributed by atoms with Gasteiger partial charge in [0, 0.05) is 31.4 Å². The molecule has 3 heterocycles. The number of ether oxygens (including phenoxy) is 3. The van der Waals surface area contributed by atoms with Crippen molar-refractivity contribution in [2.45, 2.75) is 38.3 Å². The summed E-state index contributed by atoms with van der Waals surface area (Å²) in [5, 5.41) is 15.9. The number of carboxylic acids is 1. The van der Waals surface area contributed by atoms with Crippen LogP contribution in [0.25, 0.3) is 11.4 Å². The highest BCUT2D eigenvalue weighted by molar-refractivity contribution is 6.04. The predicted octanol–water partition coefficient (Wildman–Crippen LogP) is 4.14. The second-order valence-electron chi connectivity index (χ2n) is 8.61. The number of nitrogens with zero attached hydrogens (tertiary/aromatic N) is 3. The van der Waals surface area contributed by atoms with Crippen LogP contribution >= 0.6 is 0 Å². The van der Waals surface area contributed by atoms with Crippen molar-refractivity contribution in [3.8, 4) is 29.0 Å². The molecule has 198 valence electrons. The molecule has 1 aliphatic rings. The van der Waals surface area contributed by atoms with E-state index in [1.807, 2.05) is 16.8 Å². The van der Waals surface area contributed by atoms with Gasteiger partial charge in [-0.15, -0.1) is 0 Å². The fraction of sp³-hybridized carbons (Fsp3) is 0.357. The molecule has 0 radical (unpaired) electrons. The van der Waals surface area contributed by atoms with Gasteiger partial charge >= 0.3 is 5.97 Å². The molecule has 2 N–H and O–H groups in total. The Bertz CT molecular complexity index is 1320. The molecule has 2 aromatic heterocycles. The lowest BCUT2D eigenvalue weighted by Crippen LogP contribution is -2.20. The van der Waals surface area contributed by atoms with Crippen molar-refractivity contribution in [2.75, 3.05) is 32.2 Å². The van der Waals surface area contributed by atoms with Crippen molar-refractivity contribution in [3.63, 3.8) is 0 Å². The zero-order valence-corrected chi connectivity index (χ0v) is 21.2. The van der Waals surface area contributed by atoms with Crippen molar-refractivity contribution in [1.82, 2.24) is 14.8 Å². The smallest absolute Gasteiger partial charge is 0.303 e. The van der Waals surface area contributed by atoms with Crippen molar-refractivity contribution < 1.29 is 28.9 Å². The van der Waals surface area contributed by atoms with Crippen molar-refractivity contribution in [2.24, 2.45) is 0 Å². The molecule has 0 saturated carbocycles. The van der Waals surface area contributed by atoms with Crippen LogP contribution in [0.4, 0.5) is 5.69 Å². The summed E-state index contributed by atoms with van der Waals surface area (Å²) in [7, 11) is 1.52. The van der Waals surface area contributed by atoms with Crippen LogP contribution in [0.15, 0.2) is 48.7 Å². The highest BCUT2D eigenvalue weighted by Gasteiger charge is 2.21. The molecule has 0 bridgehead atoms. The monoisotopic (exact) mass is 518 g/mol. The number of carbonyl (C=O) groups excluding carboxylic acids is 1. The topological polar surface area (TPSA) is 125 Å². The van der Waals surface area contributed by atoms with Crippen LogP contribution in [0.1, 0.15) is 54.4 Å². The van der Waals surface area contributed by atoms with Crippen LogP contribution in [0.2, 0.25) is 0 Å². The van der Waals surface area contributed by atoms with Gasteiger partial charge in [0.25, 0.3) is 5.91 Å². The lowest BCUT2D eigenvalue weighted by Gasteiger charge is -2.24. The summed E-state index contributed by atoms with van der Waals surface area (Å²) in [5.41, 5.74) is 2.85. The standard InChI is InChI=1S/C28H30N4O6/c1-36-25-19-20(7-5-16-37-17-6-11-27(33)34)12-13-22(25)31-28(35)23-9-4-8-21(30-23)24-14-15-29-32(24)26-10-2-3-18-38-26/h4,8-9,12-15,19,26H,2-3,6,10-11,16-18H2,1H3,(H,31,35)(H,33,34). The summed E-state index contributed by atoms with van der Waals surface area (Å²) in [6.07, 6.45) is 5.09. The van der Waals surface area contributed by atoms with Crippen molar-refractivity contribution >= 4 is 17.6 Å². The normalized spacial score (nSPS) is 14.8. The number of hydrogen-bond acceptors (Lipinski definition) is 7. The van der Waals surface area contributed by atoms with Crippen molar-refractivity contribution in [3.05, 3.63) is 59.9 Å².